The van der Waals surface area contributed by atoms with Crippen molar-refractivity contribution >= 4 is 17.5 Å². The Bertz CT molecular complexity index is 842. The van der Waals surface area contributed by atoms with Crippen molar-refractivity contribution in [2.24, 2.45) is 5.92 Å². The summed E-state index contributed by atoms with van der Waals surface area (Å²) in [5.41, 5.74) is 4.13. The molecular formula is C25H32N2O3. The first-order valence-corrected chi connectivity index (χ1v) is 10.8. The maximum Gasteiger partial charge on any atom is 0.230 e. The second-order valence-electron chi connectivity index (χ2n) is 8.08. The molecule has 0 bridgehead atoms. The molecule has 0 radical (unpaired) electrons. The van der Waals surface area contributed by atoms with Gasteiger partial charge in [0.15, 0.2) is 0 Å². The van der Waals surface area contributed by atoms with Crippen LogP contribution in [0.1, 0.15) is 42.4 Å². The van der Waals surface area contributed by atoms with Crippen LogP contribution in [0.3, 0.4) is 0 Å². The van der Waals surface area contributed by atoms with Crippen molar-refractivity contribution in [1.82, 2.24) is 5.32 Å². The minimum Gasteiger partial charge on any atom is -0.383 e. The third kappa shape index (κ3) is 6.17. The van der Waals surface area contributed by atoms with E-state index in [1.165, 1.54) is 5.56 Å². The Morgan fingerprint density at radius 3 is 2.47 bits per heavy atom. The topological polar surface area (TPSA) is 58.6 Å². The minimum absolute atomic E-state index is 0.0292. The van der Waals surface area contributed by atoms with E-state index in [0.717, 1.165) is 42.5 Å². The summed E-state index contributed by atoms with van der Waals surface area (Å²) in [5, 5.41) is 2.83. The van der Waals surface area contributed by atoms with E-state index in [1.54, 1.807) is 7.11 Å². The van der Waals surface area contributed by atoms with Gasteiger partial charge in [-0.2, -0.15) is 0 Å². The SMILES string of the molecule is COCCNC(=O)Cc1ccc(N(Cc2cccc(C)c2)C(=O)C2CCCC2)cc1. The lowest BCUT2D eigenvalue weighted by atomic mass is 10.0. The first-order valence-electron chi connectivity index (χ1n) is 10.8. The van der Waals surface area contributed by atoms with E-state index in [-0.39, 0.29) is 17.7 Å². The van der Waals surface area contributed by atoms with E-state index in [0.29, 0.717) is 26.1 Å². The second kappa shape index (κ2) is 10.9. The van der Waals surface area contributed by atoms with Gasteiger partial charge in [0.1, 0.15) is 0 Å². The molecule has 3 rings (SSSR count). The number of ether oxygens (including phenoxy) is 1. The number of hydrogen-bond acceptors (Lipinski definition) is 3. The molecular weight excluding hydrogens is 376 g/mol. The summed E-state index contributed by atoms with van der Waals surface area (Å²) < 4.78 is 4.95. The number of hydrogen-bond donors (Lipinski definition) is 1. The summed E-state index contributed by atoms with van der Waals surface area (Å²) in [6.07, 6.45) is 4.53. The first kappa shape index (κ1) is 22.0. The molecule has 160 valence electrons. The zero-order chi connectivity index (χ0) is 21.3. The van der Waals surface area contributed by atoms with Crippen molar-refractivity contribution < 1.29 is 14.3 Å². The summed E-state index contributed by atoms with van der Waals surface area (Å²) in [7, 11) is 1.61. The van der Waals surface area contributed by atoms with Crippen molar-refractivity contribution in [1.29, 1.82) is 0 Å². The van der Waals surface area contributed by atoms with E-state index in [9.17, 15) is 9.59 Å². The van der Waals surface area contributed by atoms with E-state index >= 15 is 0 Å². The third-order valence-electron chi connectivity index (χ3n) is 5.63. The number of aryl methyl sites for hydroxylation is 1. The summed E-state index contributed by atoms with van der Waals surface area (Å²) in [6.45, 7) is 3.64. The fourth-order valence-corrected chi connectivity index (χ4v) is 4.02. The van der Waals surface area contributed by atoms with Gasteiger partial charge in [0, 0.05) is 25.3 Å². The maximum absolute atomic E-state index is 13.3. The van der Waals surface area contributed by atoms with Crippen molar-refractivity contribution in [3.8, 4) is 0 Å². The van der Waals surface area contributed by atoms with E-state index < -0.39 is 0 Å². The van der Waals surface area contributed by atoms with Crippen LogP contribution in [0.2, 0.25) is 0 Å². The summed E-state index contributed by atoms with van der Waals surface area (Å²) in [6, 6.07) is 16.1. The molecule has 1 fully saturated rings. The maximum atomic E-state index is 13.3. The fourth-order valence-electron chi connectivity index (χ4n) is 4.02. The largest absolute Gasteiger partial charge is 0.383 e. The number of rotatable bonds is 9. The lowest BCUT2D eigenvalue weighted by Crippen LogP contribution is -2.35. The number of methoxy groups -OCH3 is 1. The average molecular weight is 409 g/mol. The lowest BCUT2D eigenvalue weighted by Gasteiger charge is -2.26. The second-order valence-corrected chi connectivity index (χ2v) is 8.08. The predicted octanol–water partition coefficient (Wildman–Crippen LogP) is 4.02. The van der Waals surface area contributed by atoms with Gasteiger partial charge in [-0.3, -0.25) is 9.59 Å². The van der Waals surface area contributed by atoms with Crippen LogP contribution >= 0.6 is 0 Å². The highest BCUT2D eigenvalue weighted by Gasteiger charge is 2.28. The van der Waals surface area contributed by atoms with E-state index in [2.05, 4.69) is 30.4 Å². The Hall–Kier alpha value is -2.66. The average Bonchev–Trinajstić information content (AvgIpc) is 3.27. The number of carbonyl (C=O) groups excluding carboxylic acids is 2. The lowest BCUT2D eigenvalue weighted by molar-refractivity contribution is -0.122. The van der Waals surface area contributed by atoms with Gasteiger partial charge in [0.2, 0.25) is 11.8 Å². The highest BCUT2D eigenvalue weighted by molar-refractivity contribution is 5.95. The van der Waals surface area contributed by atoms with E-state index in [1.807, 2.05) is 35.2 Å². The summed E-state index contributed by atoms with van der Waals surface area (Å²) in [5.74, 6) is 0.290. The van der Waals surface area contributed by atoms with Crippen LogP contribution < -0.4 is 10.2 Å². The van der Waals surface area contributed by atoms with Gasteiger partial charge in [-0.05, 0) is 43.0 Å². The molecule has 2 amide bonds. The number of nitrogens with one attached hydrogen (secondary N) is 1. The van der Waals surface area contributed by atoms with Gasteiger partial charge in [-0.25, -0.2) is 0 Å². The van der Waals surface area contributed by atoms with Crippen LogP contribution in [-0.4, -0.2) is 32.1 Å². The Labute approximate surface area is 179 Å². The van der Waals surface area contributed by atoms with Crippen LogP contribution in [0.4, 0.5) is 5.69 Å². The Kier molecular flexibility index (Phi) is 8.03. The molecule has 1 saturated carbocycles. The molecule has 1 aliphatic carbocycles. The van der Waals surface area contributed by atoms with E-state index in [4.69, 9.17) is 4.74 Å². The molecule has 2 aromatic carbocycles. The highest BCUT2D eigenvalue weighted by Crippen LogP contribution is 2.30. The standard InChI is InChI=1S/C25H32N2O3/c1-19-6-5-7-21(16-19)18-27(25(29)22-8-3-4-9-22)23-12-10-20(11-13-23)17-24(28)26-14-15-30-2/h5-7,10-13,16,22H,3-4,8-9,14-15,17-18H2,1-2H3,(H,26,28). The number of benzene rings is 2. The monoisotopic (exact) mass is 408 g/mol. The Morgan fingerprint density at radius 2 is 1.80 bits per heavy atom. The molecule has 5 heteroatoms. The molecule has 2 aromatic rings. The van der Waals surface area contributed by atoms with Crippen LogP contribution in [0, 0.1) is 12.8 Å². The van der Waals surface area contributed by atoms with Crippen molar-refractivity contribution in [2.75, 3.05) is 25.2 Å². The first-order chi connectivity index (χ1) is 14.6. The summed E-state index contributed by atoms with van der Waals surface area (Å²) >= 11 is 0. The van der Waals surface area contributed by atoms with Gasteiger partial charge in [0.05, 0.1) is 19.6 Å². The zero-order valence-corrected chi connectivity index (χ0v) is 18.0. The van der Waals surface area contributed by atoms with Crippen molar-refractivity contribution in [3.05, 3.63) is 65.2 Å². The molecule has 0 unspecified atom stereocenters. The number of amides is 2. The smallest absolute Gasteiger partial charge is 0.230 e. The van der Waals surface area contributed by atoms with Gasteiger partial charge in [-0.1, -0.05) is 54.8 Å². The van der Waals surface area contributed by atoms with Crippen molar-refractivity contribution in [3.63, 3.8) is 0 Å². The van der Waals surface area contributed by atoms with Crippen LogP contribution in [-0.2, 0) is 27.3 Å². The molecule has 0 atom stereocenters. The third-order valence-corrected chi connectivity index (χ3v) is 5.63. The molecule has 5 nitrogen and oxygen atoms in total. The molecule has 30 heavy (non-hydrogen) atoms. The zero-order valence-electron chi connectivity index (χ0n) is 18.0. The van der Waals surface area contributed by atoms with Crippen LogP contribution in [0.25, 0.3) is 0 Å². The van der Waals surface area contributed by atoms with Crippen LogP contribution in [0.15, 0.2) is 48.5 Å². The molecule has 1 N–H and O–H groups in total. The number of carbonyl (C=O) groups is 2. The molecule has 0 saturated heterocycles. The molecule has 0 aliphatic heterocycles. The molecule has 0 spiro atoms. The van der Waals surface area contributed by atoms with Gasteiger partial charge in [-0.15, -0.1) is 0 Å². The normalized spacial score (nSPS) is 13.9. The molecule has 0 heterocycles. The summed E-state index contributed by atoms with van der Waals surface area (Å²) in [4.78, 5) is 27.2. The predicted molar refractivity (Wildman–Crippen MR) is 119 cm³/mol. The molecule has 0 aromatic heterocycles. The fraction of sp³-hybridized carbons (Fsp3) is 0.440. The number of anilines is 1. The number of nitrogens with zero attached hydrogens (tertiary/aromatic N) is 1. The molecule has 1 aliphatic rings. The van der Waals surface area contributed by atoms with Gasteiger partial charge >= 0.3 is 0 Å². The Morgan fingerprint density at radius 1 is 1.07 bits per heavy atom. The minimum atomic E-state index is -0.0292. The Balaban J connectivity index is 1.73. The van der Waals surface area contributed by atoms with Gasteiger partial charge < -0.3 is 15.0 Å². The highest BCUT2D eigenvalue weighted by atomic mass is 16.5. The van der Waals surface area contributed by atoms with Gasteiger partial charge in [0.25, 0.3) is 0 Å². The quantitative estimate of drug-likeness (QED) is 0.638. The van der Waals surface area contributed by atoms with Crippen molar-refractivity contribution in [2.45, 2.75) is 45.6 Å². The van der Waals surface area contributed by atoms with Crippen LogP contribution in [0.5, 0.6) is 0 Å².